The van der Waals surface area contributed by atoms with Crippen LogP contribution in [0.4, 0.5) is 21.2 Å². The van der Waals surface area contributed by atoms with Crippen LogP contribution < -0.4 is 52.0 Å². The van der Waals surface area contributed by atoms with Crippen molar-refractivity contribution in [2.24, 2.45) is 0 Å². The molecule has 2 heterocycles. The SMILES string of the molecule is Cc1ccnc(NCCCC(=O)NC(COCc2ccc(OCCOCCOCCOC(=O)NCCCCNC(=O)OCCOCCOCCOc3ccc(COCC(NC(=O)CCCNc4cc(C)ccn4)C(=O)NC(CC(=O)O)c4ccc(-c5cccc6ccccc56)cc4)cc3)cc2)C(=O)NC(CC(=O)O)c2ccc(-c3cccc4ccccc34)cc2)c1. The van der Waals surface area contributed by atoms with Gasteiger partial charge in [-0.25, -0.2) is 19.6 Å². The molecule has 0 bridgehead atoms. The highest BCUT2D eigenvalue weighted by Gasteiger charge is 2.29. The van der Waals surface area contributed by atoms with Crippen LogP contribution in [-0.2, 0) is 79.9 Å². The Balaban J connectivity index is 0.520. The second-order valence-electron chi connectivity index (χ2n) is 29.7. The van der Waals surface area contributed by atoms with E-state index < -0.39 is 72.9 Å². The van der Waals surface area contributed by atoms with Crippen LogP contribution in [0.2, 0.25) is 0 Å². The van der Waals surface area contributed by atoms with Crippen LogP contribution in [0.15, 0.2) is 219 Å². The summed E-state index contributed by atoms with van der Waals surface area (Å²) in [4.78, 5) is 112. The zero-order chi connectivity index (χ0) is 88.7. The molecule has 30 heteroatoms. The third kappa shape index (κ3) is 34.2. The summed E-state index contributed by atoms with van der Waals surface area (Å²) in [6.07, 6.45) is 3.70. The van der Waals surface area contributed by atoms with E-state index in [0.29, 0.717) is 86.1 Å². The Labute approximate surface area is 732 Å². The average molecular weight is 1730 g/mol. The van der Waals surface area contributed by atoms with Crippen molar-refractivity contribution in [3.05, 3.63) is 252 Å². The Morgan fingerprint density at radius 3 is 1.13 bits per heavy atom. The number of aromatic nitrogens is 2. The van der Waals surface area contributed by atoms with Crippen LogP contribution in [0.3, 0.4) is 0 Å². The summed E-state index contributed by atoms with van der Waals surface area (Å²) in [5, 5.41) is 47.4. The maximum Gasteiger partial charge on any atom is 0.407 e. The quantitative estimate of drug-likeness (QED) is 0.0158. The van der Waals surface area contributed by atoms with Crippen molar-refractivity contribution in [1.29, 1.82) is 0 Å². The zero-order valence-electron chi connectivity index (χ0n) is 71.0. The number of carbonyl (C=O) groups excluding carboxylic acids is 6. The van der Waals surface area contributed by atoms with E-state index in [1.165, 1.54) is 0 Å². The third-order valence-corrected chi connectivity index (χ3v) is 19.9. The molecule has 4 atom stereocenters. The first kappa shape index (κ1) is 95.1. The number of fused-ring (bicyclic) bond motifs is 2. The lowest BCUT2D eigenvalue weighted by molar-refractivity contribution is -0.139. The number of alkyl carbamates (subject to hydrolysis) is 2. The molecule has 0 aliphatic carbocycles. The second-order valence-corrected chi connectivity index (χ2v) is 29.7. The Morgan fingerprint density at radius 1 is 0.373 bits per heavy atom. The van der Waals surface area contributed by atoms with Gasteiger partial charge in [0.2, 0.25) is 23.6 Å². The Bertz CT molecular complexity index is 4740. The van der Waals surface area contributed by atoms with Gasteiger partial charge in [-0.2, -0.15) is 0 Å². The number of ether oxygens (including phenoxy) is 10. The number of aliphatic carboxylic acids is 2. The number of pyridine rings is 2. The molecule has 126 heavy (non-hydrogen) atoms. The molecule has 30 nitrogen and oxygen atoms in total. The van der Waals surface area contributed by atoms with E-state index in [0.717, 1.165) is 66.1 Å². The molecule has 0 radical (unpaired) electrons. The number of carboxylic acids is 2. The standard InChI is InChI=1S/C96H112N10O20/c1-67-39-45-99-87(59-67)97-43-11-21-89(107)103-85(93(113)105-83(61-91(109)110)75-31-27-73(28-32-75)81-19-9-15-71-13-3-5-17-79(71)81)65-121-63-69-23-35-77(36-24-69)123-55-51-117-47-49-119-53-57-125-95(115)101-41-7-8-42-102-96(116)126-58-54-120-50-48-118-52-56-124-78-37-25-70(26-38-78)64-122-66-86(104-90(108)22-12-44-98-88-60-68(2)40-46-100-88)94(114)106-84(62-92(111)112)76-33-29-74(30-34-76)82-20-10-16-72-14-4-6-18-80(72)82/h3-6,9-10,13-20,23-40,45-46,59-60,83-86H,7-8,11-12,21-22,41-44,47-58,61-66H2,1-2H3,(H,97,99)(H,98,100)(H,101,115)(H,102,116)(H,103,107)(H,104,108)(H,105,113)(H,106,114)(H,109,110)(H,111,112). The number of nitrogens with zero attached hydrogens (tertiary/aromatic N) is 2. The first-order valence-electron chi connectivity index (χ1n) is 42.3. The van der Waals surface area contributed by atoms with Crippen molar-refractivity contribution in [2.75, 3.05) is 129 Å². The van der Waals surface area contributed by atoms with Crippen LogP contribution in [-0.4, -0.2) is 199 Å². The monoisotopic (exact) mass is 1720 g/mol. The maximum atomic E-state index is 14.1. The van der Waals surface area contributed by atoms with Gasteiger partial charge in [0, 0.05) is 51.4 Å². The molecule has 10 aromatic rings. The lowest BCUT2D eigenvalue weighted by atomic mass is 9.95. The van der Waals surface area contributed by atoms with Crippen LogP contribution >= 0.6 is 0 Å². The lowest BCUT2D eigenvalue weighted by Crippen LogP contribution is -2.50. The fourth-order valence-corrected chi connectivity index (χ4v) is 13.4. The van der Waals surface area contributed by atoms with Gasteiger partial charge in [-0.3, -0.25) is 28.8 Å². The first-order chi connectivity index (χ1) is 61.4. The fraction of sp³-hybridized carbons (Fsp3) is 0.354. The highest BCUT2D eigenvalue weighted by atomic mass is 16.6. The Kier molecular flexibility index (Phi) is 40.1. The van der Waals surface area contributed by atoms with Crippen molar-refractivity contribution >= 4 is 80.9 Å². The first-order valence-corrected chi connectivity index (χ1v) is 42.3. The van der Waals surface area contributed by atoms with Gasteiger partial charge in [-0.1, -0.05) is 158 Å². The largest absolute Gasteiger partial charge is 0.491 e. The number of unbranched alkanes of at least 4 members (excludes halogenated alkanes) is 1. The van der Waals surface area contributed by atoms with E-state index in [4.69, 9.17) is 47.4 Å². The summed E-state index contributed by atoms with van der Waals surface area (Å²) in [5.74, 6) is -1.61. The molecule has 0 saturated heterocycles. The van der Waals surface area contributed by atoms with E-state index in [9.17, 15) is 48.6 Å². The minimum atomic E-state index is -1.15. The summed E-state index contributed by atoms with van der Waals surface area (Å²) < 4.78 is 56.4. The smallest absolute Gasteiger partial charge is 0.407 e. The predicted molar refractivity (Wildman–Crippen MR) is 477 cm³/mol. The predicted octanol–water partition coefficient (Wildman–Crippen LogP) is 12.9. The molecule has 0 aliphatic rings. The molecule has 0 saturated carbocycles. The number of amides is 6. The number of aryl methyl sites for hydroxylation is 2. The molecule has 0 spiro atoms. The van der Waals surface area contributed by atoms with E-state index in [1.54, 1.807) is 36.7 Å². The molecule has 6 amide bonds. The molecule has 4 unspecified atom stereocenters. The number of nitrogens with one attached hydrogen (secondary N) is 8. The topological polar surface area (TPSA) is 391 Å². The van der Waals surface area contributed by atoms with E-state index in [1.807, 2.05) is 196 Å². The summed E-state index contributed by atoms with van der Waals surface area (Å²) in [6, 6.07) is 60.9. The van der Waals surface area contributed by atoms with Gasteiger partial charge < -0.3 is 100 Å². The van der Waals surface area contributed by atoms with E-state index >= 15 is 0 Å². The zero-order valence-corrected chi connectivity index (χ0v) is 71.0. The second kappa shape index (κ2) is 53.2. The Hall–Kier alpha value is -13.1. The van der Waals surface area contributed by atoms with Crippen molar-refractivity contribution in [3.8, 4) is 33.8 Å². The maximum absolute atomic E-state index is 14.1. The fourth-order valence-electron chi connectivity index (χ4n) is 13.4. The van der Waals surface area contributed by atoms with Gasteiger partial charge in [0.05, 0.1) is 104 Å². The molecule has 0 fully saturated rings. The molecule has 666 valence electrons. The molecule has 8 aromatic carbocycles. The van der Waals surface area contributed by atoms with Gasteiger partial charge in [0.1, 0.15) is 61.6 Å². The molecule has 10 N–H and O–H groups in total. The number of benzene rings is 8. The number of rotatable bonds is 57. The summed E-state index contributed by atoms with van der Waals surface area (Å²) in [5.41, 5.74) is 8.71. The molecule has 10 rings (SSSR count). The van der Waals surface area contributed by atoms with Crippen LogP contribution in [0, 0.1) is 13.8 Å². The van der Waals surface area contributed by atoms with Crippen molar-refractivity contribution < 1.29 is 95.9 Å². The normalized spacial score (nSPS) is 12.0. The molecule has 2 aromatic heterocycles. The summed E-state index contributed by atoms with van der Waals surface area (Å²) in [6.45, 7) is 7.92. The number of hydrogen-bond acceptors (Lipinski definition) is 22. The number of hydrogen-bond donors (Lipinski definition) is 10. The van der Waals surface area contributed by atoms with Crippen molar-refractivity contribution in [3.63, 3.8) is 0 Å². The number of anilines is 2. The van der Waals surface area contributed by atoms with E-state index in [2.05, 4.69) is 52.5 Å². The molecular formula is C96H112N10O20. The minimum absolute atomic E-state index is 0.0371. The Morgan fingerprint density at radius 2 is 0.746 bits per heavy atom. The number of carbonyl (C=O) groups is 8. The third-order valence-electron chi connectivity index (χ3n) is 19.9. The summed E-state index contributed by atoms with van der Waals surface area (Å²) >= 11 is 0. The van der Waals surface area contributed by atoms with Gasteiger partial charge in [-0.05, 0) is 165 Å². The van der Waals surface area contributed by atoms with Gasteiger partial charge in [-0.15, -0.1) is 0 Å². The minimum Gasteiger partial charge on any atom is -0.491 e. The van der Waals surface area contributed by atoms with Gasteiger partial charge in [0.25, 0.3) is 0 Å². The summed E-state index contributed by atoms with van der Waals surface area (Å²) in [7, 11) is 0. The lowest BCUT2D eigenvalue weighted by Gasteiger charge is -2.23. The van der Waals surface area contributed by atoms with Crippen molar-refractivity contribution in [2.45, 2.75) is 103 Å². The van der Waals surface area contributed by atoms with Crippen LogP contribution in [0.25, 0.3) is 43.8 Å². The van der Waals surface area contributed by atoms with E-state index in [-0.39, 0.29) is 130 Å². The number of carboxylic acid groups (broad SMARTS) is 2. The van der Waals surface area contributed by atoms with Crippen molar-refractivity contribution in [1.82, 2.24) is 41.9 Å². The molecular weight excluding hydrogens is 1610 g/mol. The molecule has 0 aliphatic heterocycles. The van der Waals surface area contributed by atoms with Gasteiger partial charge in [0.15, 0.2) is 0 Å². The highest BCUT2D eigenvalue weighted by Crippen LogP contribution is 2.33. The van der Waals surface area contributed by atoms with Gasteiger partial charge >= 0.3 is 24.1 Å². The average Bonchev–Trinajstić information content (AvgIpc) is 0.803. The highest BCUT2D eigenvalue weighted by molar-refractivity contribution is 5.98. The van der Waals surface area contributed by atoms with Crippen LogP contribution in [0.1, 0.15) is 96.8 Å². The van der Waals surface area contributed by atoms with Crippen LogP contribution in [0.5, 0.6) is 11.5 Å².